The minimum Gasteiger partial charge on any atom is -0.477 e. The summed E-state index contributed by atoms with van der Waals surface area (Å²) in [5.41, 5.74) is -1.22. The van der Waals surface area contributed by atoms with Crippen LogP contribution >= 0.6 is 24.2 Å². The van der Waals surface area contributed by atoms with E-state index in [1.54, 1.807) is 29.2 Å². The van der Waals surface area contributed by atoms with Gasteiger partial charge in [-0.15, -0.1) is 24.2 Å². The van der Waals surface area contributed by atoms with E-state index in [1.807, 2.05) is 6.07 Å². The molecule has 13 nitrogen and oxygen atoms in total. The van der Waals surface area contributed by atoms with Crippen LogP contribution in [0.5, 0.6) is 0 Å². The van der Waals surface area contributed by atoms with E-state index < -0.39 is 58.5 Å². The zero-order chi connectivity index (χ0) is 35.6. The number of esters is 1. The quantitative estimate of drug-likeness (QED) is 0.217. The molecule has 3 aromatic rings. The highest BCUT2D eigenvalue weighted by molar-refractivity contribution is 8.00. The lowest BCUT2D eigenvalue weighted by molar-refractivity contribution is -0.150. The Morgan fingerprint density at radius 2 is 1.88 bits per heavy atom. The van der Waals surface area contributed by atoms with Gasteiger partial charge in [0.05, 0.1) is 36.1 Å². The second kappa shape index (κ2) is 14.1. The number of carbonyl (C=O) groups excluding carboxylic acids is 3. The Labute approximate surface area is 305 Å². The molecule has 2 aromatic carbocycles. The molecule has 5 heterocycles. The lowest BCUT2D eigenvalue weighted by Gasteiger charge is -2.49. The molecule has 1 aromatic heterocycles. The van der Waals surface area contributed by atoms with Crippen LogP contribution in [0.15, 0.2) is 58.7 Å². The molecule has 0 unspecified atom stereocenters. The van der Waals surface area contributed by atoms with E-state index in [9.17, 15) is 29.1 Å². The second-order valence-corrected chi connectivity index (χ2v) is 14.4. The zero-order valence-corrected chi connectivity index (χ0v) is 29.1. The third-order valence-electron chi connectivity index (χ3n) is 9.92. The topological polar surface area (TPSA) is 160 Å². The number of halogens is 3. The van der Waals surface area contributed by atoms with Crippen LogP contribution in [0.25, 0.3) is 10.9 Å². The molecule has 4 aliphatic heterocycles. The first-order chi connectivity index (χ1) is 24.6. The summed E-state index contributed by atoms with van der Waals surface area (Å²) in [6, 6.07) is 8.68. The van der Waals surface area contributed by atoms with Crippen molar-refractivity contribution in [3.8, 4) is 0 Å². The van der Waals surface area contributed by atoms with Crippen molar-refractivity contribution in [3.63, 3.8) is 0 Å². The standard InChI is InChI=1S/C35H33F2N5O8S.ClH/c36-22-11-20-29(26(37)30(22)40-13-23-24(14-40)49-9-8-38-23)41(19-6-7-19)12-21(31(20)44)35(48)50-15-18-16-51-33-27(32(45)42(33)28(18)34(46)47)39-25(43)10-17-4-2-1-3-5-17;/h1-5,11-12,19,23-24,27,33,38H,6-10,13-16H2,(H,39,43)(H,46,47);1H/t23-,24+,27+,33+;/m0./s1. The molecule has 4 atom stereocenters. The molecule has 3 N–H and O–H groups in total. The SMILES string of the molecule is Cl.O=C(Cc1ccccc1)N[C@@H]1C(=O)N2C(C(=O)O)=C(COC(=O)c3cn(C4CC4)c4c(F)c(N5C[C@@H]6NCCO[C@@H]6C5)c(F)cc4c3=O)CS[C@H]12. The predicted molar refractivity (Wildman–Crippen MR) is 187 cm³/mol. The highest BCUT2D eigenvalue weighted by Gasteiger charge is 2.54. The van der Waals surface area contributed by atoms with Crippen LogP contribution in [0.1, 0.15) is 34.8 Å². The number of nitrogens with zero attached hydrogens (tertiary/aromatic N) is 3. The van der Waals surface area contributed by atoms with Crippen molar-refractivity contribution in [2.24, 2.45) is 0 Å². The molecule has 2 amide bonds. The molecule has 1 saturated carbocycles. The van der Waals surface area contributed by atoms with Gasteiger partial charge in [-0.25, -0.2) is 18.4 Å². The number of carboxylic acids is 1. The van der Waals surface area contributed by atoms with Crippen LogP contribution in [0, 0.1) is 11.6 Å². The summed E-state index contributed by atoms with van der Waals surface area (Å²) in [5.74, 6) is -5.29. The molecule has 3 saturated heterocycles. The minimum atomic E-state index is -1.42. The van der Waals surface area contributed by atoms with Gasteiger partial charge < -0.3 is 34.7 Å². The summed E-state index contributed by atoms with van der Waals surface area (Å²) in [6.07, 6.45) is 2.37. The lowest BCUT2D eigenvalue weighted by Crippen LogP contribution is -2.70. The van der Waals surface area contributed by atoms with Crippen molar-refractivity contribution in [1.29, 1.82) is 0 Å². The fourth-order valence-corrected chi connectivity index (χ4v) is 8.64. The number of rotatable bonds is 9. The molecule has 0 spiro atoms. The first-order valence-corrected chi connectivity index (χ1v) is 17.7. The van der Waals surface area contributed by atoms with Gasteiger partial charge in [-0.1, -0.05) is 30.3 Å². The highest BCUT2D eigenvalue weighted by Crippen LogP contribution is 2.42. The molecule has 0 radical (unpaired) electrons. The molecule has 4 fully saturated rings. The molecule has 0 bridgehead atoms. The van der Waals surface area contributed by atoms with Crippen LogP contribution in [-0.2, 0) is 30.3 Å². The Balaban J connectivity index is 0.00000420. The molecule has 17 heteroatoms. The van der Waals surface area contributed by atoms with Crippen LogP contribution in [0.4, 0.5) is 14.5 Å². The number of carboxylic acid groups (broad SMARTS) is 1. The number of hydrogen-bond donors (Lipinski definition) is 3. The number of aliphatic carboxylic acids is 1. The van der Waals surface area contributed by atoms with Gasteiger partial charge in [-0.2, -0.15) is 0 Å². The summed E-state index contributed by atoms with van der Waals surface area (Å²) in [5, 5.41) is 15.1. The number of nitrogens with one attached hydrogen (secondary N) is 2. The number of β-lactam (4-membered cyclic amide) rings is 1. The number of anilines is 1. The molecule has 8 rings (SSSR count). The van der Waals surface area contributed by atoms with E-state index in [2.05, 4.69) is 10.6 Å². The first-order valence-electron chi connectivity index (χ1n) is 16.7. The monoisotopic (exact) mass is 757 g/mol. The van der Waals surface area contributed by atoms with E-state index in [0.717, 1.165) is 16.5 Å². The summed E-state index contributed by atoms with van der Waals surface area (Å²) < 4.78 is 44.6. The number of benzene rings is 2. The van der Waals surface area contributed by atoms with Gasteiger partial charge >= 0.3 is 11.9 Å². The number of hydrogen-bond acceptors (Lipinski definition) is 10. The third-order valence-corrected chi connectivity index (χ3v) is 11.3. The summed E-state index contributed by atoms with van der Waals surface area (Å²) in [6.45, 7) is 1.18. The van der Waals surface area contributed by atoms with Gasteiger partial charge in [0.25, 0.3) is 5.91 Å². The Morgan fingerprint density at radius 3 is 2.60 bits per heavy atom. The maximum atomic E-state index is 16.3. The van der Waals surface area contributed by atoms with Gasteiger partial charge in [-0.3, -0.25) is 19.3 Å². The largest absolute Gasteiger partial charge is 0.477 e. The van der Waals surface area contributed by atoms with Crippen LogP contribution < -0.4 is 21.0 Å². The summed E-state index contributed by atoms with van der Waals surface area (Å²) >= 11 is 1.20. The number of aromatic nitrogens is 1. The molecule has 1 aliphatic carbocycles. The van der Waals surface area contributed by atoms with E-state index in [0.29, 0.717) is 32.5 Å². The van der Waals surface area contributed by atoms with Crippen molar-refractivity contribution in [1.82, 2.24) is 20.1 Å². The predicted octanol–water partition coefficient (Wildman–Crippen LogP) is 2.35. The van der Waals surface area contributed by atoms with Crippen molar-refractivity contribution in [2.75, 3.05) is 43.5 Å². The minimum absolute atomic E-state index is 0. The van der Waals surface area contributed by atoms with E-state index in [-0.39, 0.29) is 83.1 Å². The number of amides is 2. The molecule has 274 valence electrons. The van der Waals surface area contributed by atoms with Crippen LogP contribution in [-0.4, -0.2) is 100 Å². The molecular weight excluding hydrogens is 724 g/mol. The normalized spacial score (nSPS) is 23.8. The van der Waals surface area contributed by atoms with Gasteiger partial charge in [0.1, 0.15) is 40.8 Å². The number of morpholine rings is 1. The average molecular weight is 758 g/mol. The van der Waals surface area contributed by atoms with Crippen molar-refractivity contribution in [3.05, 3.63) is 86.8 Å². The maximum absolute atomic E-state index is 16.3. The number of fused-ring (bicyclic) bond motifs is 3. The lowest BCUT2D eigenvalue weighted by atomic mass is 10.0. The number of thioether (sulfide) groups is 1. The Bertz CT molecular complexity index is 2070. The first kappa shape index (κ1) is 35.9. The molecule has 52 heavy (non-hydrogen) atoms. The van der Waals surface area contributed by atoms with E-state index >= 15 is 8.78 Å². The van der Waals surface area contributed by atoms with Crippen LogP contribution in [0.2, 0.25) is 0 Å². The zero-order valence-electron chi connectivity index (χ0n) is 27.5. The second-order valence-electron chi connectivity index (χ2n) is 13.3. The Hall–Kier alpha value is -4.51. The number of carbonyl (C=O) groups is 4. The fraction of sp³-hybridized carbons (Fsp3) is 0.400. The highest BCUT2D eigenvalue weighted by atomic mass is 35.5. The average Bonchev–Trinajstić information content (AvgIpc) is 3.88. The van der Waals surface area contributed by atoms with Crippen molar-refractivity contribution >= 4 is 64.5 Å². The van der Waals surface area contributed by atoms with Gasteiger partial charge in [0, 0.05) is 43.2 Å². The van der Waals surface area contributed by atoms with Gasteiger partial charge in [0.15, 0.2) is 5.82 Å². The number of pyridine rings is 1. The Kier molecular flexibility index (Phi) is 9.75. The smallest absolute Gasteiger partial charge is 0.352 e. The van der Waals surface area contributed by atoms with Crippen molar-refractivity contribution < 1.29 is 42.5 Å². The summed E-state index contributed by atoms with van der Waals surface area (Å²) in [4.78, 5) is 67.7. The Morgan fingerprint density at radius 1 is 1.12 bits per heavy atom. The molecule has 5 aliphatic rings. The van der Waals surface area contributed by atoms with E-state index in [4.69, 9.17) is 9.47 Å². The van der Waals surface area contributed by atoms with Gasteiger partial charge in [-0.05, 0) is 24.5 Å². The number of ether oxygens (including phenoxy) is 2. The fourth-order valence-electron chi connectivity index (χ4n) is 7.31. The van der Waals surface area contributed by atoms with Crippen LogP contribution in [0.3, 0.4) is 0 Å². The van der Waals surface area contributed by atoms with Crippen molar-refractivity contribution in [2.45, 2.75) is 48.9 Å². The summed E-state index contributed by atoms with van der Waals surface area (Å²) in [7, 11) is 0. The van der Waals surface area contributed by atoms with Gasteiger partial charge in [0.2, 0.25) is 11.3 Å². The maximum Gasteiger partial charge on any atom is 0.352 e. The third kappa shape index (κ3) is 6.31. The molecular formula is C35H34ClF2N5O8S. The van der Waals surface area contributed by atoms with E-state index in [1.165, 1.54) is 22.5 Å².